The highest BCUT2D eigenvalue weighted by atomic mass is 16.3. The summed E-state index contributed by atoms with van der Waals surface area (Å²) in [6.45, 7) is 4.28. The zero-order valence-corrected chi connectivity index (χ0v) is 30.4. The normalized spacial score (nSPS) is 12.4. The molecular weight excluding hydrogens is 657 g/mol. The number of hydrogen-bond donors (Lipinski definition) is 0. The minimum absolute atomic E-state index is 0.627. The van der Waals surface area contributed by atoms with Gasteiger partial charge in [-0.25, -0.2) is 4.98 Å². The van der Waals surface area contributed by atoms with E-state index in [9.17, 15) is 0 Å². The highest BCUT2D eigenvalue weighted by Crippen LogP contribution is 2.42. The molecule has 0 aliphatic heterocycles. The maximum atomic E-state index is 6.36. The minimum atomic E-state index is 0.627. The molecule has 0 N–H and O–H groups in total. The molecule has 0 amide bonds. The summed E-state index contributed by atoms with van der Waals surface area (Å²) in [6, 6.07) is 56.8. The van der Waals surface area contributed by atoms with Crippen molar-refractivity contribution in [3.05, 3.63) is 186 Å². The zero-order valence-electron chi connectivity index (χ0n) is 30.4. The number of allylic oxidation sites excluding steroid dienone is 1. The fraction of sp³-hybridized carbons (Fsp3) is 0.0784. The summed E-state index contributed by atoms with van der Waals surface area (Å²) in [4.78, 5) is 4.87. The third kappa shape index (κ3) is 5.48. The predicted octanol–water partition coefficient (Wildman–Crippen LogP) is 13.7. The van der Waals surface area contributed by atoms with E-state index >= 15 is 0 Å². The van der Waals surface area contributed by atoms with E-state index in [2.05, 4.69) is 188 Å². The fourth-order valence-corrected chi connectivity index (χ4v) is 8.26. The molecule has 0 saturated carbocycles. The molecule has 258 valence electrons. The number of para-hydroxylation sites is 1. The molecule has 7 aromatic carbocycles. The largest absolute Gasteiger partial charge is 0.436 e. The smallest absolute Gasteiger partial charge is 0.227 e. The number of fused-ring (bicyclic) bond motifs is 4. The van der Waals surface area contributed by atoms with E-state index in [1.54, 1.807) is 0 Å². The molecule has 3 nitrogen and oxygen atoms in total. The van der Waals surface area contributed by atoms with Crippen LogP contribution in [0.4, 0.5) is 0 Å². The zero-order chi connectivity index (χ0) is 36.2. The first-order valence-corrected chi connectivity index (χ1v) is 18.8. The maximum Gasteiger partial charge on any atom is 0.227 e. The van der Waals surface area contributed by atoms with Gasteiger partial charge in [-0.05, 0) is 125 Å². The first-order chi connectivity index (χ1) is 26.6. The monoisotopic (exact) mass is 694 g/mol. The molecule has 0 saturated heterocycles. The van der Waals surface area contributed by atoms with Crippen LogP contribution in [-0.2, 0) is 6.42 Å². The Hall–Kier alpha value is -6.71. The quantitative estimate of drug-likeness (QED) is 0.173. The lowest BCUT2D eigenvalue weighted by atomic mass is 9.88. The molecule has 54 heavy (non-hydrogen) atoms. The Morgan fingerprint density at radius 3 is 1.98 bits per heavy atom. The SMILES string of the molecule is Cc1ccc(C)c(-c2ccc3nc(-c4ccc(-c5ccccc5-c5ccccc5-c5ccc6c(c5)c5c(n6-c6ccccc6)CCC=C5)cc4)oc3c2)c1. The molecule has 1 aliphatic rings. The Labute approximate surface area is 315 Å². The van der Waals surface area contributed by atoms with Crippen LogP contribution >= 0.6 is 0 Å². The molecule has 1 aliphatic carbocycles. The van der Waals surface area contributed by atoms with Crippen LogP contribution in [0.5, 0.6) is 0 Å². The maximum absolute atomic E-state index is 6.36. The minimum Gasteiger partial charge on any atom is -0.436 e. The van der Waals surface area contributed by atoms with Gasteiger partial charge >= 0.3 is 0 Å². The third-order valence-corrected chi connectivity index (χ3v) is 10.9. The van der Waals surface area contributed by atoms with E-state index in [1.165, 1.54) is 72.4 Å². The van der Waals surface area contributed by atoms with Crippen LogP contribution in [0, 0.1) is 13.8 Å². The van der Waals surface area contributed by atoms with E-state index in [1.807, 2.05) is 0 Å². The Bertz CT molecular complexity index is 2890. The molecular formula is C51H38N2O. The number of rotatable bonds is 6. The number of nitrogens with zero attached hydrogens (tertiary/aromatic N) is 2. The molecule has 0 radical (unpaired) electrons. The topological polar surface area (TPSA) is 31.0 Å². The van der Waals surface area contributed by atoms with Crippen molar-refractivity contribution in [3.63, 3.8) is 0 Å². The second-order valence-electron chi connectivity index (χ2n) is 14.4. The molecule has 0 bridgehead atoms. The van der Waals surface area contributed by atoms with E-state index < -0.39 is 0 Å². The number of oxazole rings is 1. The van der Waals surface area contributed by atoms with Crippen molar-refractivity contribution >= 4 is 28.1 Å². The summed E-state index contributed by atoms with van der Waals surface area (Å²) in [5.41, 5.74) is 19.8. The average molecular weight is 695 g/mol. The van der Waals surface area contributed by atoms with Gasteiger partial charge in [0.15, 0.2) is 5.58 Å². The Morgan fingerprint density at radius 2 is 1.20 bits per heavy atom. The van der Waals surface area contributed by atoms with Crippen LogP contribution in [0.15, 0.2) is 168 Å². The lowest BCUT2D eigenvalue weighted by molar-refractivity contribution is 0.620. The molecule has 2 heterocycles. The lowest BCUT2D eigenvalue weighted by Crippen LogP contribution is -2.02. The molecule has 0 spiro atoms. The molecule has 0 atom stereocenters. The third-order valence-electron chi connectivity index (χ3n) is 10.9. The highest BCUT2D eigenvalue weighted by molar-refractivity contribution is 5.99. The fourth-order valence-electron chi connectivity index (χ4n) is 8.26. The molecule has 0 fully saturated rings. The second-order valence-corrected chi connectivity index (χ2v) is 14.4. The molecule has 0 unspecified atom stereocenters. The molecule has 2 aromatic heterocycles. The van der Waals surface area contributed by atoms with Gasteiger partial charge < -0.3 is 8.98 Å². The van der Waals surface area contributed by atoms with Crippen molar-refractivity contribution in [2.24, 2.45) is 0 Å². The van der Waals surface area contributed by atoms with Crippen molar-refractivity contribution in [1.82, 2.24) is 9.55 Å². The standard InChI is InChI=1S/C51H38N2O/c1-33-20-21-34(2)45(30-33)38-26-28-47-50(32-38)54-51(52-47)36-24-22-35(23-25-36)40-14-6-8-16-42(40)43-17-9-7-15-41(43)37-27-29-49-46(31-37)44-18-10-11-19-48(44)53(49)39-12-4-3-5-13-39/h3-10,12-18,20-32H,11,19H2,1-2H3. The van der Waals surface area contributed by atoms with E-state index in [-0.39, 0.29) is 0 Å². The number of aromatic nitrogens is 2. The average Bonchev–Trinajstić information content (AvgIpc) is 3.81. The van der Waals surface area contributed by atoms with Crippen LogP contribution in [0.25, 0.3) is 89.7 Å². The van der Waals surface area contributed by atoms with Gasteiger partial charge in [-0.1, -0.05) is 127 Å². The van der Waals surface area contributed by atoms with E-state index in [0.29, 0.717) is 5.89 Å². The van der Waals surface area contributed by atoms with E-state index in [4.69, 9.17) is 9.40 Å². The van der Waals surface area contributed by atoms with Gasteiger partial charge in [-0.2, -0.15) is 0 Å². The molecule has 9 aromatic rings. The van der Waals surface area contributed by atoms with Crippen LogP contribution in [-0.4, -0.2) is 9.55 Å². The van der Waals surface area contributed by atoms with Gasteiger partial charge in [-0.3, -0.25) is 0 Å². The summed E-state index contributed by atoms with van der Waals surface area (Å²) in [5, 5.41) is 1.29. The lowest BCUT2D eigenvalue weighted by Gasteiger charge is -2.15. The van der Waals surface area contributed by atoms with Gasteiger partial charge in [0.05, 0.1) is 5.52 Å². The summed E-state index contributed by atoms with van der Waals surface area (Å²) in [6.07, 6.45) is 6.73. The molecule has 10 rings (SSSR count). The Balaban J connectivity index is 1.01. The van der Waals surface area contributed by atoms with Gasteiger partial charge in [0.25, 0.3) is 0 Å². The molecule has 3 heteroatoms. The first-order valence-electron chi connectivity index (χ1n) is 18.8. The number of hydrogen-bond acceptors (Lipinski definition) is 2. The second kappa shape index (κ2) is 13.1. The Morgan fingerprint density at radius 1 is 0.556 bits per heavy atom. The van der Waals surface area contributed by atoms with Crippen molar-refractivity contribution in [2.45, 2.75) is 26.7 Å². The van der Waals surface area contributed by atoms with Crippen LogP contribution in [0.3, 0.4) is 0 Å². The van der Waals surface area contributed by atoms with Crippen molar-refractivity contribution < 1.29 is 4.42 Å². The Kier molecular flexibility index (Phi) is 7.73. The van der Waals surface area contributed by atoms with Crippen LogP contribution in [0.1, 0.15) is 28.8 Å². The summed E-state index contributed by atoms with van der Waals surface area (Å²) in [5.74, 6) is 0.627. The van der Waals surface area contributed by atoms with Crippen molar-refractivity contribution in [2.75, 3.05) is 0 Å². The van der Waals surface area contributed by atoms with Crippen LogP contribution < -0.4 is 0 Å². The predicted molar refractivity (Wildman–Crippen MR) is 225 cm³/mol. The summed E-state index contributed by atoms with van der Waals surface area (Å²) >= 11 is 0. The van der Waals surface area contributed by atoms with Crippen molar-refractivity contribution in [3.8, 4) is 61.6 Å². The van der Waals surface area contributed by atoms with Crippen molar-refractivity contribution in [1.29, 1.82) is 0 Å². The van der Waals surface area contributed by atoms with Gasteiger partial charge in [0.2, 0.25) is 5.89 Å². The van der Waals surface area contributed by atoms with Gasteiger partial charge in [0, 0.05) is 27.9 Å². The van der Waals surface area contributed by atoms with Crippen LogP contribution in [0.2, 0.25) is 0 Å². The highest BCUT2D eigenvalue weighted by Gasteiger charge is 2.20. The number of benzene rings is 7. The summed E-state index contributed by atoms with van der Waals surface area (Å²) < 4.78 is 8.82. The van der Waals surface area contributed by atoms with E-state index in [0.717, 1.165) is 40.6 Å². The summed E-state index contributed by atoms with van der Waals surface area (Å²) in [7, 11) is 0. The van der Waals surface area contributed by atoms with Gasteiger partial charge in [-0.15, -0.1) is 0 Å². The van der Waals surface area contributed by atoms with Gasteiger partial charge in [0.1, 0.15) is 5.52 Å². The number of aryl methyl sites for hydroxylation is 2. The first kappa shape index (κ1) is 32.0.